The van der Waals surface area contributed by atoms with Crippen LogP contribution in [0.1, 0.15) is 11.1 Å². The third-order valence-corrected chi connectivity index (χ3v) is 2.35. The number of nitriles is 1. The van der Waals surface area contributed by atoms with Gasteiger partial charge in [0.1, 0.15) is 0 Å². The number of nitro benzene ring substituents is 1. The quantitative estimate of drug-likeness (QED) is 0.661. The van der Waals surface area contributed by atoms with Crippen LogP contribution in [0.5, 0.6) is 11.8 Å². The molecule has 0 bridgehead atoms. The van der Waals surface area contributed by atoms with Crippen molar-refractivity contribution in [2.45, 2.75) is 6.61 Å². The van der Waals surface area contributed by atoms with Crippen molar-refractivity contribution in [3.05, 3.63) is 51.8 Å². The van der Waals surface area contributed by atoms with Crippen molar-refractivity contribution in [2.24, 2.45) is 0 Å². The van der Waals surface area contributed by atoms with Crippen LogP contribution >= 0.6 is 0 Å². The first-order valence-corrected chi connectivity index (χ1v) is 5.42. The molecule has 0 fully saturated rings. The minimum absolute atomic E-state index is 0.0641. The van der Waals surface area contributed by atoms with Crippen LogP contribution in [-0.2, 0) is 6.61 Å². The molecule has 1 heterocycles. The predicted octanol–water partition coefficient (Wildman–Crippen LogP) is 1.54. The molecule has 8 nitrogen and oxygen atoms in total. The van der Waals surface area contributed by atoms with Crippen molar-refractivity contribution in [2.75, 3.05) is 0 Å². The normalized spacial score (nSPS) is 9.80. The van der Waals surface area contributed by atoms with E-state index in [0.717, 1.165) is 6.07 Å². The SMILES string of the molecule is N#Cc1ccc(Oc2ncc(CO)cn2)c([N+](=O)[O-])c1. The Kier molecular flexibility index (Phi) is 3.83. The Morgan fingerprint density at radius 1 is 1.40 bits per heavy atom. The second-order valence-electron chi connectivity index (χ2n) is 3.69. The fourth-order valence-corrected chi connectivity index (χ4v) is 1.39. The zero-order chi connectivity index (χ0) is 14.5. The van der Waals surface area contributed by atoms with E-state index in [-0.39, 0.29) is 29.6 Å². The minimum Gasteiger partial charge on any atom is -0.417 e. The van der Waals surface area contributed by atoms with Crippen molar-refractivity contribution in [3.8, 4) is 17.8 Å². The van der Waals surface area contributed by atoms with E-state index in [9.17, 15) is 10.1 Å². The summed E-state index contributed by atoms with van der Waals surface area (Å²) in [6, 6.07) is 5.53. The lowest BCUT2D eigenvalue weighted by atomic mass is 10.2. The summed E-state index contributed by atoms with van der Waals surface area (Å²) < 4.78 is 5.21. The highest BCUT2D eigenvalue weighted by molar-refractivity contribution is 5.52. The Morgan fingerprint density at radius 2 is 2.10 bits per heavy atom. The monoisotopic (exact) mass is 272 g/mol. The maximum absolute atomic E-state index is 10.9. The molecule has 2 aromatic rings. The summed E-state index contributed by atoms with van der Waals surface area (Å²) in [5.74, 6) is -0.0641. The molecule has 1 aromatic carbocycles. The Labute approximate surface area is 113 Å². The summed E-state index contributed by atoms with van der Waals surface area (Å²) in [7, 11) is 0. The number of hydrogen-bond acceptors (Lipinski definition) is 7. The number of rotatable bonds is 4. The fraction of sp³-hybridized carbons (Fsp3) is 0.0833. The number of nitrogens with zero attached hydrogens (tertiary/aromatic N) is 4. The molecule has 0 radical (unpaired) electrons. The van der Waals surface area contributed by atoms with E-state index in [1.807, 2.05) is 6.07 Å². The minimum atomic E-state index is -0.654. The van der Waals surface area contributed by atoms with Crippen molar-refractivity contribution < 1.29 is 14.8 Å². The number of aromatic nitrogens is 2. The largest absolute Gasteiger partial charge is 0.417 e. The number of nitro groups is 1. The van der Waals surface area contributed by atoms with Gasteiger partial charge in [-0.3, -0.25) is 10.1 Å². The molecular weight excluding hydrogens is 264 g/mol. The number of hydrogen-bond donors (Lipinski definition) is 1. The standard InChI is InChI=1S/C12H8N4O4/c13-4-8-1-2-11(10(3-8)16(18)19)20-12-14-5-9(7-17)6-15-12/h1-3,5-6,17H,7H2. The highest BCUT2D eigenvalue weighted by Crippen LogP contribution is 2.30. The molecule has 0 aliphatic carbocycles. The molecule has 0 saturated heterocycles. The Morgan fingerprint density at radius 3 is 2.65 bits per heavy atom. The van der Waals surface area contributed by atoms with Crippen molar-refractivity contribution in [1.82, 2.24) is 9.97 Å². The maximum atomic E-state index is 10.9. The van der Waals surface area contributed by atoms with Crippen molar-refractivity contribution in [1.29, 1.82) is 5.26 Å². The highest BCUT2D eigenvalue weighted by atomic mass is 16.6. The zero-order valence-corrected chi connectivity index (χ0v) is 10.1. The third kappa shape index (κ3) is 2.85. The highest BCUT2D eigenvalue weighted by Gasteiger charge is 2.17. The van der Waals surface area contributed by atoms with Crippen LogP contribution in [0.4, 0.5) is 5.69 Å². The van der Waals surface area contributed by atoms with Crippen molar-refractivity contribution >= 4 is 5.69 Å². The van der Waals surface area contributed by atoms with Gasteiger partial charge in [-0.15, -0.1) is 0 Å². The van der Waals surface area contributed by atoms with Gasteiger partial charge in [-0.1, -0.05) is 0 Å². The summed E-state index contributed by atoms with van der Waals surface area (Å²) in [6.07, 6.45) is 2.69. The van der Waals surface area contributed by atoms with E-state index in [1.54, 1.807) is 0 Å². The van der Waals surface area contributed by atoms with Crippen molar-refractivity contribution in [3.63, 3.8) is 0 Å². The van der Waals surface area contributed by atoms with Gasteiger partial charge < -0.3 is 9.84 Å². The average molecular weight is 272 g/mol. The molecule has 1 aromatic heterocycles. The van der Waals surface area contributed by atoms with E-state index < -0.39 is 4.92 Å². The van der Waals surface area contributed by atoms with Crippen LogP contribution in [0.2, 0.25) is 0 Å². The van der Waals surface area contributed by atoms with E-state index >= 15 is 0 Å². The Hall–Kier alpha value is -3.05. The van der Waals surface area contributed by atoms with Gasteiger partial charge in [0.2, 0.25) is 5.75 Å². The van der Waals surface area contributed by atoms with Gasteiger partial charge in [0.05, 0.1) is 23.2 Å². The summed E-state index contributed by atoms with van der Waals surface area (Å²) in [6.45, 7) is -0.211. The second-order valence-corrected chi connectivity index (χ2v) is 3.69. The van der Waals surface area contributed by atoms with E-state index in [0.29, 0.717) is 5.56 Å². The maximum Gasteiger partial charge on any atom is 0.322 e. The van der Waals surface area contributed by atoms with E-state index in [4.69, 9.17) is 15.1 Å². The van der Waals surface area contributed by atoms with E-state index in [2.05, 4.69) is 9.97 Å². The molecule has 0 atom stereocenters. The first-order chi connectivity index (χ1) is 9.63. The van der Waals surface area contributed by atoms with Crippen LogP contribution < -0.4 is 4.74 Å². The van der Waals surface area contributed by atoms with E-state index in [1.165, 1.54) is 24.5 Å². The Balaban J connectivity index is 2.32. The van der Waals surface area contributed by atoms with Crippen LogP contribution in [-0.4, -0.2) is 20.0 Å². The lowest BCUT2D eigenvalue weighted by molar-refractivity contribution is -0.385. The molecule has 0 aliphatic heterocycles. The number of aliphatic hydroxyl groups is 1. The molecule has 100 valence electrons. The first kappa shape index (κ1) is 13.4. The smallest absolute Gasteiger partial charge is 0.322 e. The van der Waals surface area contributed by atoms with Gasteiger partial charge in [-0.2, -0.15) is 5.26 Å². The summed E-state index contributed by atoms with van der Waals surface area (Å²) in [5.41, 5.74) is 0.297. The van der Waals surface area contributed by atoms with Crippen LogP contribution in [0, 0.1) is 21.4 Å². The summed E-state index contributed by atoms with van der Waals surface area (Å²) in [5, 5.41) is 28.5. The molecule has 8 heteroatoms. The van der Waals surface area contributed by atoms with Gasteiger partial charge in [0.15, 0.2) is 0 Å². The van der Waals surface area contributed by atoms with Crippen LogP contribution in [0.3, 0.4) is 0 Å². The zero-order valence-electron chi connectivity index (χ0n) is 10.1. The van der Waals surface area contributed by atoms with Gasteiger partial charge in [0, 0.05) is 24.0 Å². The fourth-order valence-electron chi connectivity index (χ4n) is 1.39. The van der Waals surface area contributed by atoms with Crippen LogP contribution in [0.25, 0.3) is 0 Å². The number of aliphatic hydroxyl groups excluding tert-OH is 1. The number of benzene rings is 1. The lowest BCUT2D eigenvalue weighted by Crippen LogP contribution is -1.97. The molecule has 1 N–H and O–H groups in total. The third-order valence-electron chi connectivity index (χ3n) is 2.35. The lowest BCUT2D eigenvalue weighted by Gasteiger charge is -2.04. The van der Waals surface area contributed by atoms with Crippen LogP contribution in [0.15, 0.2) is 30.6 Å². The average Bonchev–Trinajstić information content (AvgIpc) is 2.48. The Bertz CT molecular complexity index is 679. The first-order valence-electron chi connectivity index (χ1n) is 5.42. The topological polar surface area (TPSA) is 122 Å². The molecule has 0 saturated carbocycles. The molecule has 0 spiro atoms. The van der Waals surface area contributed by atoms with Gasteiger partial charge >= 0.3 is 11.7 Å². The second kappa shape index (κ2) is 5.73. The molecule has 2 rings (SSSR count). The summed E-state index contributed by atoms with van der Waals surface area (Å²) in [4.78, 5) is 17.9. The molecular formula is C12H8N4O4. The number of ether oxygens (including phenoxy) is 1. The predicted molar refractivity (Wildman–Crippen MR) is 65.8 cm³/mol. The molecule has 0 aliphatic rings. The summed E-state index contributed by atoms with van der Waals surface area (Å²) >= 11 is 0. The van der Waals surface area contributed by atoms with Gasteiger partial charge in [-0.05, 0) is 12.1 Å². The van der Waals surface area contributed by atoms with Gasteiger partial charge in [0.25, 0.3) is 0 Å². The molecule has 0 amide bonds. The molecule has 0 unspecified atom stereocenters. The molecule has 20 heavy (non-hydrogen) atoms. The van der Waals surface area contributed by atoms with Gasteiger partial charge in [-0.25, -0.2) is 9.97 Å².